The molecule has 1 aliphatic carbocycles. The Morgan fingerprint density at radius 3 is 2.81 bits per heavy atom. The van der Waals surface area contributed by atoms with Crippen molar-refractivity contribution < 1.29 is 14.4 Å². The van der Waals surface area contributed by atoms with Crippen LogP contribution in [0.25, 0.3) is 0 Å². The van der Waals surface area contributed by atoms with E-state index < -0.39 is 6.04 Å². The van der Waals surface area contributed by atoms with Gasteiger partial charge in [-0.3, -0.25) is 19.7 Å². The highest BCUT2D eigenvalue weighted by Crippen LogP contribution is 2.30. The summed E-state index contributed by atoms with van der Waals surface area (Å²) in [7, 11) is 0. The third kappa shape index (κ3) is 3.37. The Morgan fingerprint density at radius 2 is 2.04 bits per heavy atom. The molecule has 4 rings (SSSR count). The predicted octanol–water partition coefficient (Wildman–Crippen LogP) is 0.665. The van der Waals surface area contributed by atoms with E-state index in [1.54, 1.807) is 4.90 Å². The maximum absolute atomic E-state index is 13.1. The molecule has 27 heavy (non-hydrogen) atoms. The van der Waals surface area contributed by atoms with Gasteiger partial charge in [-0.15, -0.1) is 0 Å². The lowest BCUT2D eigenvalue weighted by atomic mass is 10.0. The van der Waals surface area contributed by atoms with Crippen molar-refractivity contribution in [1.29, 1.82) is 0 Å². The van der Waals surface area contributed by atoms with E-state index in [0.29, 0.717) is 43.6 Å². The molecule has 0 radical (unpaired) electrons. The first kappa shape index (κ1) is 18.1. The number of nitrogens with one attached hydrogen (secondary N) is 2. The van der Waals surface area contributed by atoms with E-state index >= 15 is 0 Å². The first-order valence-electron chi connectivity index (χ1n) is 9.77. The summed E-state index contributed by atoms with van der Waals surface area (Å²) in [6, 6.07) is 5.71. The van der Waals surface area contributed by atoms with E-state index in [1.165, 1.54) is 6.42 Å². The summed E-state index contributed by atoms with van der Waals surface area (Å²) in [5.41, 5.74) is 8.49. The summed E-state index contributed by atoms with van der Waals surface area (Å²) in [5.74, 6) is -0.253. The van der Waals surface area contributed by atoms with Crippen molar-refractivity contribution in [3.05, 3.63) is 34.9 Å². The fraction of sp³-hybridized carbons (Fsp3) is 0.550. The largest absolute Gasteiger partial charge is 0.330 e. The van der Waals surface area contributed by atoms with Crippen molar-refractivity contribution >= 4 is 17.7 Å². The van der Waals surface area contributed by atoms with Crippen molar-refractivity contribution in [3.8, 4) is 0 Å². The molecule has 4 N–H and O–H groups in total. The minimum absolute atomic E-state index is 0.112. The van der Waals surface area contributed by atoms with Gasteiger partial charge >= 0.3 is 0 Å². The number of piperidine rings is 1. The Kier molecular flexibility index (Phi) is 4.97. The van der Waals surface area contributed by atoms with E-state index in [0.717, 1.165) is 24.0 Å². The standard InChI is InChI=1S/C20H26N4O3/c21-9-12-3-2-6-15(12)22-10-13-4-1-5-14-11-24(20(27)18(13)14)16-7-8-17(25)23-19(16)26/h1,4-5,12,15-16,22H,2-3,6-11,21H2,(H,23,25,26)/t12-,15+,16?/m1/s1. The van der Waals surface area contributed by atoms with Crippen LogP contribution >= 0.6 is 0 Å². The van der Waals surface area contributed by atoms with Crippen LogP contribution in [0.1, 0.15) is 53.6 Å². The predicted molar refractivity (Wildman–Crippen MR) is 99.5 cm³/mol. The second-order valence-electron chi connectivity index (χ2n) is 7.77. The molecule has 3 atom stereocenters. The van der Waals surface area contributed by atoms with Gasteiger partial charge in [0, 0.05) is 31.1 Å². The van der Waals surface area contributed by atoms with E-state index in [4.69, 9.17) is 5.73 Å². The number of nitrogens with zero attached hydrogens (tertiary/aromatic N) is 1. The summed E-state index contributed by atoms with van der Waals surface area (Å²) < 4.78 is 0. The number of carbonyl (C=O) groups is 3. The van der Waals surface area contributed by atoms with Gasteiger partial charge in [0.15, 0.2) is 0 Å². The summed E-state index contributed by atoms with van der Waals surface area (Å²) >= 11 is 0. The Labute approximate surface area is 158 Å². The minimum atomic E-state index is -0.570. The van der Waals surface area contributed by atoms with Crippen molar-refractivity contribution in [2.24, 2.45) is 11.7 Å². The second-order valence-corrected chi connectivity index (χ2v) is 7.77. The maximum Gasteiger partial charge on any atom is 0.255 e. The third-order valence-corrected chi connectivity index (χ3v) is 6.16. The molecule has 0 spiro atoms. The highest BCUT2D eigenvalue weighted by molar-refractivity contribution is 6.05. The number of nitrogens with two attached hydrogens (primary N) is 1. The van der Waals surface area contributed by atoms with Crippen LogP contribution in [0.5, 0.6) is 0 Å². The molecule has 7 nitrogen and oxygen atoms in total. The number of carbonyl (C=O) groups excluding carboxylic acids is 3. The molecule has 0 bridgehead atoms. The van der Waals surface area contributed by atoms with E-state index in [9.17, 15) is 14.4 Å². The molecule has 2 aliphatic heterocycles. The van der Waals surface area contributed by atoms with Gasteiger partial charge in [0.2, 0.25) is 11.8 Å². The molecule has 1 aromatic carbocycles. The van der Waals surface area contributed by atoms with Gasteiger partial charge in [-0.2, -0.15) is 0 Å². The fourth-order valence-electron chi connectivity index (χ4n) is 4.67. The van der Waals surface area contributed by atoms with Gasteiger partial charge in [0.1, 0.15) is 6.04 Å². The zero-order chi connectivity index (χ0) is 19.0. The summed E-state index contributed by atoms with van der Waals surface area (Å²) in [4.78, 5) is 38.3. The maximum atomic E-state index is 13.1. The first-order chi connectivity index (χ1) is 13.1. The SMILES string of the molecule is NC[C@H]1CCC[C@@H]1NCc1cccc2c1C(=O)N(C1CCC(=O)NC1=O)C2. The Hall–Kier alpha value is -2.25. The normalized spacial score (nSPS) is 27.8. The van der Waals surface area contributed by atoms with Crippen molar-refractivity contribution in [1.82, 2.24) is 15.5 Å². The van der Waals surface area contributed by atoms with Crippen LogP contribution in [0.4, 0.5) is 0 Å². The Bertz CT molecular complexity index is 778. The number of fused-ring (bicyclic) bond motifs is 1. The van der Waals surface area contributed by atoms with Crippen molar-refractivity contribution in [2.75, 3.05) is 6.54 Å². The number of hydrogen-bond acceptors (Lipinski definition) is 5. The number of amides is 3. The quantitative estimate of drug-likeness (QED) is 0.661. The highest BCUT2D eigenvalue weighted by Gasteiger charge is 2.40. The van der Waals surface area contributed by atoms with Crippen LogP contribution in [-0.4, -0.2) is 41.2 Å². The molecule has 3 amide bonds. The van der Waals surface area contributed by atoms with Gasteiger partial charge in [-0.05, 0) is 42.9 Å². The molecule has 2 heterocycles. The molecular formula is C20H26N4O3. The average molecular weight is 370 g/mol. The molecule has 1 saturated carbocycles. The van der Waals surface area contributed by atoms with Crippen LogP contribution in [0.2, 0.25) is 0 Å². The van der Waals surface area contributed by atoms with Gasteiger partial charge in [0.25, 0.3) is 5.91 Å². The molecule has 0 aromatic heterocycles. The molecule has 1 aromatic rings. The van der Waals surface area contributed by atoms with Gasteiger partial charge < -0.3 is 16.0 Å². The molecule has 1 saturated heterocycles. The van der Waals surface area contributed by atoms with Crippen LogP contribution in [0, 0.1) is 5.92 Å². The van der Waals surface area contributed by atoms with Gasteiger partial charge in [-0.1, -0.05) is 24.6 Å². The van der Waals surface area contributed by atoms with Crippen LogP contribution in [-0.2, 0) is 22.7 Å². The lowest BCUT2D eigenvalue weighted by Gasteiger charge is -2.29. The van der Waals surface area contributed by atoms with Crippen molar-refractivity contribution in [2.45, 2.75) is 57.3 Å². The highest BCUT2D eigenvalue weighted by atomic mass is 16.2. The van der Waals surface area contributed by atoms with E-state index in [2.05, 4.69) is 10.6 Å². The summed E-state index contributed by atoms with van der Waals surface area (Å²) in [6.45, 7) is 1.73. The molecule has 7 heteroatoms. The molecular weight excluding hydrogens is 344 g/mol. The number of rotatable bonds is 5. The van der Waals surface area contributed by atoms with E-state index in [1.807, 2.05) is 18.2 Å². The van der Waals surface area contributed by atoms with Crippen LogP contribution in [0.15, 0.2) is 18.2 Å². The monoisotopic (exact) mass is 370 g/mol. The minimum Gasteiger partial charge on any atom is -0.330 e. The topological polar surface area (TPSA) is 105 Å². The molecule has 1 unspecified atom stereocenters. The zero-order valence-electron chi connectivity index (χ0n) is 15.4. The Morgan fingerprint density at radius 1 is 1.19 bits per heavy atom. The summed E-state index contributed by atoms with van der Waals surface area (Å²) in [6.07, 6.45) is 4.12. The third-order valence-electron chi connectivity index (χ3n) is 6.16. The number of imide groups is 1. The molecule has 144 valence electrons. The summed E-state index contributed by atoms with van der Waals surface area (Å²) in [5, 5.41) is 5.93. The molecule has 3 aliphatic rings. The number of benzene rings is 1. The average Bonchev–Trinajstić information content (AvgIpc) is 3.24. The first-order valence-corrected chi connectivity index (χ1v) is 9.77. The van der Waals surface area contributed by atoms with Crippen molar-refractivity contribution in [3.63, 3.8) is 0 Å². The smallest absolute Gasteiger partial charge is 0.255 e. The van der Waals surface area contributed by atoms with Gasteiger partial charge in [0.05, 0.1) is 0 Å². The zero-order valence-corrected chi connectivity index (χ0v) is 15.4. The van der Waals surface area contributed by atoms with Crippen LogP contribution in [0.3, 0.4) is 0 Å². The lowest BCUT2D eigenvalue weighted by Crippen LogP contribution is -2.52. The lowest BCUT2D eigenvalue weighted by molar-refractivity contribution is -0.136. The van der Waals surface area contributed by atoms with Gasteiger partial charge in [-0.25, -0.2) is 0 Å². The Balaban J connectivity index is 1.50. The fourth-order valence-corrected chi connectivity index (χ4v) is 4.67. The van der Waals surface area contributed by atoms with Crippen LogP contribution < -0.4 is 16.4 Å². The molecule has 2 fully saturated rings. The number of hydrogen-bond donors (Lipinski definition) is 3. The van der Waals surface area contributed by atoms with E-state index in [-0.39, 0.29) is 24.1 Å². The second kappa shape index (κ2) is 7.40.